The summed E-state index contributed by atoms with van der Waals surface area (Å²) in [7, 11) is 0. The van der Waals surface area contributed by atoms with Crippen LogP contribution in [0, 0.1) is 17.5 Å². The standard InChI is InChI=1S/C12H9F3N4O3S/c1-4(23-11-10(21)17-12(22)19-18-11)9(20)16-6-3-2-5(13)7(14)8(6)15/h2-4H,1H3,(H,16,20)(H2,17,19,21,22). The summed E-state index contributed by atoms with van der Waals surface area (Å²) in [5.74, 6) is -5.39. The van der Waals surface area contributed by atoms with Crippen LogP contribution in [-0.2, 0) is 4.79 Å². The van der Waals surface area contributed by atoms with Gasteiger partial charge in [-0.15, -0.1) is 0 Å². The second-order valence-electron chi connectivity index (χ2n) is 4.28. The zero-order valence-electron chi connectivity index (χ0n) is 11.4. The number of thioether (sulfide) groups is 1. The number of nitrogens with zero attached hydrogens (tertiary/aromatic N) is 1. The van der Waals surface area contributed by atoms with Crippen LogP contribution in [0.5, 0.6) is 0 Å². The smallest absolute Gasteiger partial charge is 0.323 e. The summed E-state index contributed by atoms with van der Waals surface area (Å²) in [6.07, 6.45) is 0. The Morgan fingerprint density at radius 2 is 1.96 bits per heavy atom. The summed E-state index contributed by atoms with van der Waals surface area (Å²) in [4.78, 5) is 36.1. The lowest BCUT2D eigenvalue weighted by Crippen LogP contribution is -2.28. The average molecular weight is 346 g/mol. The lowest BCUT2D eigenvalue weighted by atomic mass is 10.2. The largest absolute Gasteiger partial charge is 0.342 e. The van der Waals surface area contributed by atoms with Gasteiger partial charge in [0.15, 0.2) is 22.5 Å². The van der Waals surface area contributed by atoms with Crippen LogP contribution >= 0.6 is 11.8 Å². The first-order valence-corrected chi connectivity index (χ1v) is 6.97. The molecule has 2 aromatic rings. The Bertz CT molecular complexity index is 867. The first-order chi connectivity index (χ1) is 10.8. The fourth-order valence-electron chi connectivity index (χ4n) is 1.49. The highest BCUT2D eigenvalue weighted by molar-refractivity contribution is 8.00. The topological polar surface area (TPSA) is 108 Å². The summed E-state index contributed by atoms with van der Waals surface area (Å²) in [6.45, 7) is 1.38. The minimum Gasteiger partial charge on any atom is -0.323 e. The van der Waals surface area contributed by atoms with Gasteiger partial charge in [0, 0.05) is 0 Å². The highest BCUT2D eigenvalue weighted by Gasteiger charge is 2.20. The van der Waals surface area contributed by atoms with Crippen LogP contribution in [0.1, 0.15) is 6.92 Å². The van der Waals surface area contributed by atoms with Crippen molar-refractivity contribution in [3.05, 3.63) is 50.4 Å². The van der Waals surface area contributed by atoms with Crippen molar-refractivity contribution in [2.75, 3.05) is 5.32 Å². The number of benzene rings is 1. The van der Waals surface area contributed by atoms with Crippen molar-refractivity contribution < 1.29 is 18.0 Å². The van der Waals surface area contributed by atoms with Gasteiger partial charge in [-0.3, -0.25) is 14.6 Å². The summed E-state index contributed by atoms with van der Waals surface area (Å²) < 4.78 is 39.4. The number of aromatic nitrogens is 3. The van der Waals surface area contributed by atoms with E-state index in [1.54, 1.807) is 0 Å². The lowest BCUT2D eigenvalue weighted by Gasteiger charge is -2.11. The number of anilines is 1. The predicted molar refractivity (Wildman–Crippen MR) is 75.7 cm³/mol. The number of hydrogen-bond acceptors (Lipinski definition) is 5. The minimum atomic E-state index is -1.71. The number of carbonyl (C=O) groups excluding carboxylic acids is 1. The van der Waals surface area contributed by atoms with Crippen molar-refractivity contribution in [3.8, 4) is 0 Å². The molecule has 1 amide bonds. The molecule has 1 aromatic carbocycles. The monoisotopic (exact) mass is 346 g/mol. The molecule has 0 saturated heterocycles. The zero-order chi connectivity index (χ0) is 17.1. The van der Waals surface area contributed by atoms with Gasteiger partial charge in [-0.05, 0) is 19.1 Å². The first kappa shape index (κ1) is 16.8. The number of rotatable bonds is 4. The molecule has 1 heterocycles. The van der Waals surface area contributed by atoms with Gasteiger partial charge >= 0.3 is 5.69 Å². The third-order valence-corrected chi connectivity index (χ3v) is 3.70. The molecule has 11 heteroatoms. The van der Waals surface area contributed by atoms with Crippen LogP contribution in [0.15, 0.2) is 26.7 Å². The molecule has 0 saturated carbocycles. The van der Waals surface area contributed by atoms with Gasteiger partial charge in [0.1, 0.15) is 0 Å². The number of hydrogen-bond donors (Lipinski definition) is 3. The van der Waals surface area contributed by atoms with Crippen molar-refractivity contribution in [2.45, 2.75) is 17.2 Å². The normalized spacial score (nSPS) is 12.0. The van der Waals surface area contributed by atoms with Crippen molar-refractivity contribution >= 4 is 23.4 Å². The van der Waals surface area contributed by atoms with E-state index < -0.39 is 45.5 Å². The van der Waals surface area contributed by atoms with Gasteiger partial charge in [-0.1, -0.05) is 11.8 Å². The summed E-state index contributed by atoms with van der Waals surface area (Å²) in [5.41, 5.74) is -2.14. The number of H-pyrrole nitrogens is 2. The van der Waals surface area contributed by atoms with Crippen LogP contribution in [0.2, 0.25) is 0 Å². The zero-order valence-corrected chi connectivity index (χ0v) is 12.3. The van der Waals surface area contributed by atoms with Gasteiger partial charge < -0.3 is 5.32 Å². The SMILES string of the molecule is CC(Sc1n[nH]c(=O)[nH]c1=O)C(=O)Nc1ccc(F)c(F)c1F. The molecule has 0 aliphatic heterocycles. The van der Waals surface area contributed by atoms with Crippen molar-refractivity contribution in [1.29, 1.82) is 0 Å². The van der Waals surface area contributed by atoms with E-state index in [0.29, 0.717) is 17.8 Å². The third kappa shape index (κ3) is 3.80. The Balaban J connectivity index is 2.13. The number of carbonyl (C=O) groups is 1. The molecule has 0 aliphatic carbocycles. The Hall–Kier alpha value is -2.56. The maximum Gasteiger partial charge on any atom is 0.342 e. The molecule has 23 heavy (non-hydrogen) atoms. The summed E-state index contributed by atoms with van der Waals surface area (Å²) in [6, 6.07) is 1.54. The van der Waals surface area contributed by atoms with E-state index in [-0.39, 0.29) is 5.03 Å². The van der Waals surface area contributed by atoms with Gasteiger partial charge in [-0.25, -0.2) is 23.1 Å². The maximum atomic E-state index is 13.5. The van der Waals surface area contributed by atoms with Crippen molar-refractivity contribution in [1.82, 2.24) is 15.2 Å². The van der Waals surface area contributed by atoms with E-state index in [2.05, 4.69) is 10.4 Å². The van der Waals surface area contributed by atoms with Gasteiger partial charge in [0.25, 0.3) is 5.56 Å². The van der Waals surface area contributed by atoms with Gasteiger partial charge in [0.2, 0.25) is 5.91 Å². The number of nitrogens with one attached hydrogen (secondary N) is 3. The summed E-state index contributed by atoms with van der Waals surface area (Å²) in [5, 5.41) is 6.43. The number of amides is 1. The van der Waals surface area contributed by atoms with E-state index in [1.165, 1.54) is 6.92 Å². The fraction of sp³-hybridized carbons (Fsp3) is 0.167. The molecule has 0 aliphatic rings. The second kappa shape index (κ2) is 6.69. The van der Waals surface area contributed by atoms with E-state index in [4.69, 9.17) is 0 Å². The molecule has 1 atom stereocenters. The van der Waals surface area contributed by atoms with Crippen LogP contribution in [0.4, 0.5) is 18.9 Å². The fourth-order valence-corrected chi connectivity index (χ4v) is 2.25. The maximum absolute atomic E-state index is 13.5. The molecule has 2 rings (SSSR count). The van der Waals surface area contributed by atoms with Crippen LogP contribution < -0.4 is 16.6 Å². The predicted octanol–water partition coefficient (Wildman–Crippen LogP) is 0.995. The number of aromatic amines is 2. The van der Waals surface area contributed by atoms with E-state index >= 15 is 0 Å². The molecular formula is C12H9F3N4O3S. The third-order valence-electron chi connectivity index (χ3n) is 2.63. The molecule has 0 radical (unpaired) electrons. The molecule has 1 unspecified atom stereocenters. The highest BCUT2D eigenvalue weighted by Crippen LogP contribution is 2.22. The molecule has 0 fully saturated rings. The average Bonchev–Trinajstić information content (AvgIpc) is 2.50. The van der Waals surface area contributed by atoms with E-state index in [1.807, 2.05) is 10.1 Å². The van der Waals surface area contributed by atoms with E-state index in [0.717, 1.165) is 6.07 Å². The molecule has 122 valence electrons. The Labute approximate surface area is 130 Å². The highest BCUT2D eigenvalue weighted by atomic mass is 32.2. The Kier molecular flexibility index (Phi) is 4.89. The molecule has 3 N–H and O–H groups in total. The van der Waals surface area contributed by atoms with Crippen LogP contribution in [0.25, 0.3) is 0 Å². The molecule has 0 spiro atoms. The van der Waals surface area contributed by atoms with E-state index in [9.17, 15) is 27.6 Å². The summed E-state index contributed by atoms with van der Waals surface area (Å²) >= 11 is 0.692. The van der Waals surface area contributed by atoms with Gasteiger partial charge in [0.05, 0.1) is 10.9 Å². The number of halogens is 3. The Morgan fingerprint density at radius 1 is 1.26 bits per heavy atom. The van der Waals surface area contributed by atoms with Crippen LogP contribution in [0.3, 0.4) is 0 Å². The van der Waals surface area contributed by atoms with Gasteiger partial charge in [-0.2, -0.15) is 5.10 Å². The molecule has 0 bridgehead atoms. The Morgan fingerprint density at radius 3 is 2.61 bits per heavy atom. The molecular weight excluding hydrogens is 337 g/mol. The molecule has 7 nitrogen and oxygen atoms in total. The second-order valence-corrected chi connectivity index (χ2v) is 5.61. The first-order valence-electron chi connectivity index (χ1n) is 6.09. The van der Waals surface area contributed by atoms with Crippen LogP contribution in [-0.4, -0.2) is 26.3 Å². The lowest BCUT2D eigenvalue weighted by molar-refractivity contribution is -0.115. The van der Waals surface area contributed by atoms with Crippen molar-refractivity contribution in [2.24, 2.45) is 0 Å². The quantitative estimate of drug-likeness (QED) is 0.565. The minimum absolute atomic E-state index is 0.182. The van der Waals surface area contributed by atoms with Crippen molar-refractivity contribution in [3.63, 3.8) is 0 Å². The molecule has 1 aromatic heterocycles.